The Hall–Kier alpha value is -1.91. The molecule has 10 heteroatoms. The first-order valence-electron chi connectivity index (χ1n) is 8.04. The van der Waals surface area contributed by atoms with Crippen LogP contribution in [0.5, 0.6) is 0 Å². The van der Waals surface area contributed by atoms with Crippen molar-refractivity contribution in [2.45, 2.75) is 17.4 Å². The molecule has 27 heavy (non-hydrogen) atoms. The highest BCUT2D eigenvalue weighted by atomic mass is 79.9. The first-order valence-corrected chi connectivity index (χ1v) is 12.1. The van der Waals surface area contributed by atoms with Crippen LogP contribution in [-0.2, 0) is 19.9 Å². The molecule has 2 N–H and O–H groups in total. The van der Waals surface area contributed by atoms with E-state index in [4.69, 9.17) is 0 Å². The number of hydrogen-bond acceptors (Lipinski definition) is 5. The zero-order chi connectivity index (χ0) is 19.7. The van der Waals surface area contributed by atoms with Crippen LogP contribution in [0.15, 0.2) is 57.9 Å². The average molecular weight is 473 g/mol. The monoisotopic (exact) mass is 472 g/mol. The van der Waals surface area contributed by atoms with Crippen LogP contribution < -0.4 is 10.0 Å². The number of anilines is 1. The summed E-state index contributed by atoms with van der Waals surface area (Å²) < 4.78 is 51.1. The highest BCUT2D eigenvalue weighted by Crippen LogP contribution is 2.20. The molecule has 1 fully saturated rings. The summed E-state index contributed by atoms with van der Waals surface area (Å²) in [6.07, 6.45) is 0.379. The molecule has 1 aliphatic heterocycles. The fourth-order valence-corrected chi connectivity index (χ4v) is 5.72. The number of halogens is 1. The molecule has 1 saturated heterocycles. The Morgan fingerprint density at radius 2 is 1.81 bits per heavy atom. The molecule has 1 amide bonds. The second-order valence-electron chi connectivity index (χ2n) is 6.21. The van der Waals surface area contributed by atoms with Gasteiger partial charge >= 0.3 is 0 Å². The third kappa shape index (κ3) is 5.08. The van der Waals surface area contributed by atoms with Gasteiger partial charge in [-0.2, -0.15) is 0 Å². The standard InChI is InChI=1S/C17H17BrN2O5S2/c18-13-4-6-16(7-5-13)27(24,25)20-14-3-1-2-12(10-14)17(21)19-15-8-9-26(22,23)11-15/h1-7,10,15,20H,8-9,11H2,(H,19,21)/t15-/m1/s1. The number of benzene rings is 2. The summed E-state index contributed by atoms with van der Waals surface area (Å²) in [6.45, 7) is 0. The lowest BCUT2D eigenvalue weighted by atomic mass is 10.1. The van der Waals surface area contributed by atoms with Crippen LogP contribution >= 0.6 is 15.9 Å². The Balaban J connectivity index is 1.73. The molecule has 7 nitrogen and oxygen atoms in total. The van der Waals surface area contributed by atoms with E-state index in [-0.39, 0.29) is 27.7 Å². The first-order chi connectivity index (χ1) is 12.6. The molecule has 0 aliphatic carbocycles. The van der Waals surface area contributed by atoms with E-state index < -0.39 is 31.8 Å². The van der Waals surface area contributed by atoms with Crippen molar-refractivity contribution in [1.29, 1.82) is 0 Å². The van der Waals surface area contributed by atoms with Gasteiger partial charge in [-0.05, 0) is 48.9 Å². The van der Waals surface area contributed by atoms with Crippen molar-refractivity contribution in [3.63, 3.8) is 0 Å². The van der Waals surface area contributed by atoms with Crippen molar-refractivity contribution in [2.24, 2.45) is 0 Å². The average Bonchev–Trinajstić information content (AvgIpc) is 2.93. The second-order valence-corrected chi connectivity index (χ2v) is 11.0. The summed E-state index contributed by atoms with van der Waals surface area (Å²) in [5, 5.41) is 2.68. The molecule has 144 valence electrons. The normalized spacial score (nSPS) is 18.8. The molecule has 1 heterocycles. The molecule has 1 atom stereocenters. The lowest BCUT2D eigenvalue weighted by Crippen LogP contribution is -2.35. The molecule has 0 aromatic heterocycles. The fraction of sp³-hybridized carbons (Fsp3) is 0.235. The van der Waals surface area contributed by atoms with Crippen LogP contribution in [-0.4, -0.2) is 40.3 Å². The fourth-order valence-electron chi connectivity index (χ4n) is 2.73. The Bertz CT molecular complexity index is 1070. The lowest BCUT2D eigenvalue weighted by Gasteiger charge is -2.12. The topological polar surface area (TPSA) is 109 Å². The van der Waals surface area contributed by atoms with Gasteiger partial charge in [0.05, 0.1) is 16.4 Å². The van der Waals surface area contributed by atoms with Crippen molar-refractivity contribution < 1.29 is 21.6 Å². The summed E-state index contributed by atoms with van der Waals surface area (Å²) in [6, 6.07) is 11.8. The van der Waals surface area contributed by atoms with Gasteiger partial charge in [-0.3, -0.25) is 9.52 Å². The van der Waals surface area contributed by atoms with Crippen LogP contribution in [0.25, 0.3) is 0 Å². The van der Waals surface area contributed by atoms with Gasteiger partial charge < -0.3 is 5.32 Å². The van der Waals surface area contributed by atoms with Gasteiger partial charge in [0.15, 0.2) is 9.84 Å². The third-order valence-corrected chi connectivity index (χ3v) is 7.76. The quantitative estimate of drug-likeness (QED) is 0.692. The van der Waals surface area contributed by atoms with Crippen molar-refractivity contribution in [3.8, 4) is 0 Å². The minimum absolute atomic E-state index is 0.0605. The van der Waals surface area contributed by atoms with Gasteiger partial charge in [0.25, 0.3) is 15.9 Å². The maximum absolute atomic E-state index is 12.5. The number of nitrogens with one attached hydrogen (secondary N) is 2. The first kappa shape index (κ1) is 19.8. The van der Waals surface area contributed by atoms with Crippen LogP contribution in [0.2, 0.25) is 0 Å². The van der Waals surface area contributed by atoms with Gasteiger partial charge in [-0.25, -0.2) is 16.8 Å². The zero-order valence-electron chi connectivity index (χ0n) is 14.1. The predicted molar refractivity (Wildman–Crippen MR) is 106 cm³/mol. The Morgan fingerprint density at radius 1 is 1.11 bits per heavy atom. The van der Waals surface area contributed by atoms with E-state index in [0.717, 1.165) is 4.47 Å². The van der Waals surface area contributed by atoms with Gasteiger partial charge in [-0.15, -0.1) is 0 Å². The van der Waals surface area contributed by atoms with Crippen LogP contribution in [0.4, 0.5) is 5.69 Å². The maximum Gasteiger partial charge on any atom is 0.261 e. The van der Waals surface area contributed by atoms with E-state index in [2.05, 4.69) is 26.0 Å². The number of carbonyl (C=O) groups is 1. The number of sulfone groups is 1. The summed E-state index contributed by atoms with van der Waals surface area (Å²) in [5.41, 5.74) is 0.486. The highest BCUT2D eigenvalue weighted by Gasteiger charge is 2.29. The van der Waals surface area contributed by atoms with Crippen LogP contribution in [0.1, 0.15) is 16.8 Å². The predicted octanol–water partition coefficient (Wildman–Crippen LogP) is 2.17. The molecule has 0 bridgehead atoms. The zero-order valence-corrected chi connectivity index (χ0v) is 17.3. The molecule has 0 unspecified atom stereocenters. The molecule has 0 saturated carbocycles. The molecule has 0 spiro atoms. The van der Waals surface area contributed by atoms with E-state index in [9.17, 15) is 21.6 Å². The largest absolute Gasteiger partial charge is 0.348 e. The highest BCUT2D eigenvalue weighted by molar-refractivity contribution is 9.10. The van der Waals surface area contributed by atoms with E-state index in [0.29, 0.717) is 6.42 Å². The van der Waals surface area contributed by atoms with Crippen molar-refractivity contribution in [2.75, 3.05) is 16.2 Å². The third-order valence-electron chi connectivity index (χ3n) is 4.07. The summed E-state index contributed by atoms with van der Waals surface area (Å²) in [7, 11) is -6.89. The van der Waals surface area contributed by atoms with Crippen LogP contribution in [0, 0.1) is 0 Å². The Morgan fingerprint density at radius 3 is 2.44 bits per heavy atom. The SMILES string of the molecule is O=C(N[C@@H]1CCS(=O)(=O)C1)c1cccc(NS(=O)(=O)c2ccc(Br)cc2)c1. The second kappa shape index (κ2) is 7.61. The Labute approximate surface area is 166 Å². The molecule has 2 aromatic rings. The van der Waals surface area contributed by atoms with Gasteiger partial charge in [0.2, 0.25) is 0 Å². The molecular formula is C17H17BrN2O5S2. The van der Waals surface area contributed by atoms with Gasteiger partial charge in [0, 0.05) is 21.8 Å². The van der Waals surface area contributed by atoms with Crippen molar-refractivity contribution in [3.05, 3.63) is 58.6 Å². The van der Waals surface area contributed by atoms with Gasteiger partial charge in [-0.1, -0.05) is 22.0 Å². The Kier molecular flexibility index (Phi) is 5.59. The maximum atomic E-state index is 12.5. The summed E-state index contributed by atoms with van der Waals surface area (Å²) >= 11 is 3.25. The molecule has 1 aliphatic rings. The smallest absolute Gasteiger partial charge is 0.261 e. The molecule has 3 rings (SSSR count). The number of carbonyl (C=O) groups excluding carboxylic acids is 1. The van der Waals surface area contributed by atoms with E-state index >= 15 is 0 Å². The van der Waals surface area contributed by atoms with E-state index in [1.165, 1.54) is 30.3 Å². The lowest BCUT2D eigenvalue weighted by molar-refractivity contribution is 0.0941. The minimum Gasteiger partial charge on any atom is -0.348 e. The van der Waals surface area contributed by atoms with E-state index in [1.54, 1.807) is 18.2 Å². The minimum atomic E-state index is -3.79. The van der Waals surface area contributed by atoms with Crippen molar-refractivity contribution in [1.82, 2.24) is 5.32 Å². The van der Waals surface area contributed by atoms with E-state index in [1.807, 2.05) is 0 Å². The van der Waals surface area contributed by atoms with Gasteiger partial charge in [0.1, 0.15) is 0 Å². The van der Waals surface area contributed by atoms with Crippen LogP contribution in [0.3, 0.4) is 0 Å². The number of rotatable bonds is 5. The molecule has 2 aromatic carbocycles. The molecule has 0 radical (unpaired) electrons. The van der Waals surface area contributed by atoms with Crippen molar-refractivity contribution >= 4 is 47.4 Å². The number of amides is 1. The number of hydrogen-bond donors (Lipinski definition) is 2. The molecular weight excluding hydrogens is 456 g/mol. The summed E-state index contributed by atoms with van der Waals surface area (Å²) in [5.74, 6) is -0.457. The summed E-state index contributed by atoms with van der Waals surface area (Å²) in [4.78, 5) is 12.4. The number of sulfonamides is 1.